The van der Waals surface area contributed by atoms with E-state index in [1.807, 2.05) is 0 Å². The number of fused-ring (bicyclic) bond motifs is 1. The zero-order valence-corrected chi connectivity index (χ0v) is 14.3. The fourth-order valence-electron chi connectivity index (χ4n) is 2.56. The lowest BCUT2D eigenvalue weighted by Crippen LogP contribution is -2.27. The molecule has 6 nitrogen and oxygen atoms in total. The molecular weight excluding hydrogens is 331 g/mol. The summed E-state index contributed by atoms with van der Waals surface area (Å²) in [6.07, 6.45) is 1.31. The molecule has 0 radical (unpaired) electrons. The van der Waals surface area contributed by atoms with Gasteiger partial charge >= 0.3 is 0 Å². The topological polar surface area (TPSA) is 76.9 Å². The predicted molar refractivity (Wildman–Crippen MR) is 88.4 cm³/mol. The van der Waals surface area contributed by atoms with E-state index in [-0.39, 0.29) is 10.7 Å². The molecule has 0 unspecified atom stereocenters. The smallest absolute Gasteiger partial charge is 0.242 e. The summed E-state index contributed by atoms with van der Waals surface area (Å²) in [6, 6.07) is 6.76. The van der Waals surface area contributed by atoms with Gasteiger partial charge in [0, 0.05) is 24.7 Å². The normalized spacial score (nSPS) is 13.3. The quantitative estimate of drug-likeness (QED) is 0.786. The predicted octanol–water partition coefficient (Wildman–Crippen LogP) is 2.46. The van der Waals surface area contributed by atoms with Crippen LogP contribution in [0.25, 0.3) is 11.0 Å². The third kappa shape index (κ3) is 3.02. The molecule has 3 aromatic rings. The molecular formula is C16H17FN4O2S. The van der Waals surface area contributed by atoms with E-state index in [0.29, 0.717) is 22.3 Å². The van der Waals surface area contributed by atoms with Crippen LogP contribution >= 0.6 is 0 Å². The zero-order chi connectivity index (χ0) is 17.5. The van der Waals surface area contributed by atoms with Gasteiger partial charge in [0.2, 0.25) is 10.0 Å². The molecule has 0 saturated carbocycles. The van der Waals surface area contributed by atoms with E-state index in [4.69, 9.17) is 0 Å². The van der Waals surface area contributed by atoms with Gasteiger partial charge in [-0.1, -0.05) is 12.1 Å². The monoisotopic (exact) mass is 348 g/mol. The number of hydrogen-bond acceptors (Lipinski definition) is 4. The largest absolute Gasteiger partial charge is 0.250 e. The van der Waals surface area contributed by atoms with E-state index in [1.165, 1.54) is 18.3 Å². The molecule has 8 heteroatoms. The molecule has 126 valence electrons. The second-order valence-electron chi connectivity index (χ2n) is 5.65. The number of aryl methyl sites for hydroxylation is 2. The van der Waals surface area contributed by atoms with Gasteiger partial charge in [-0.25, -0.2) is 22.5 Å². The maximum Gasteiger partial charge on any atom is 0.242 e. The highest BCUT2D eigenvalue weighted by Gasteiger charge is 2.20. The summed E-state index contributed by atoms with van der Waals surface area (Å²) in [5.41, 5.74) is 2.01. The van der Waals surface area contributed by atoms with Crippen molar-refractivity contribution < 1.29 is 12.8 Å². The summed E-state index contributed by atoms with van der Waals surface area (Å²) < 4.78 is 42.4. The lowest BCUT2D eigenvalue weighted by atomic mass is 10.1. The fraction of sp³-hybridized carbons (Fsp3) is 0.250. The van der Waals surface area contributed by atoms with Crippen molar-refractivity contribution in [2.75, 3.05) is 0 Å². The molecule has 1 N–H and O–H groups in total. The Morgan fingerprint density at radius 1 is 1.25 bits per heavy atom. The number of rotatable bonds is 4. The average Bonchev–Trinajstić information content (AvgIpc) is 2.82. The molecule has 1 atom stereocenters. The number of halogens is 1. The van der Waals surface area contributed by atoms with Crippen LogP contribution < -0.4 is 4.72 Å². The van der Waals surface area contributed by atoms with Crippen LogP contribution in [0.1, 0.15) is 24.2 Å². The molecule has 0 aliphatic rings. The second-order valence-corrected chi connectivity index (χ2v) is 7.36. The van der Waals surface area contributed by atoms with Crippen molar-refractivity contribution in [3.8, 4) is 0 Å². The van der Waals surface area contributed by atoms with Gasteiger partial charge in [-0.2, -0.15) is 5.10 Å². The Morgan fingerprint density at radius 3 is 2.58 bits per heavy atom. The van der Waals surface area contributed by atoms with E-state index in [1.54, 1.807) is 43.8 Å². The first-order chi connectivity index (χ1) is 11.3. The molecule has 2 heterocycles. The number of aromatic nitrogens is 3. The molecule has 1 aromatic carbocycles. The van der Waals surface area contributed by atoms with Gasteiger partial charge in [-0.15, -0.1) is 0 Å². The first kappa shape index (κ1) is 16.5. The molecule has 2 aromatic heterocycles. The summed E-state index contributed by atoms with van der Waals surface area (Å²) in [5, 5.41) is 4.92. The molecule has 0 aliphatic heterocycles. The Morgan fingerprint density at radius 2 is 1.92 bits per heavy atom. The zero-order valence-electron chi connectivity index (χ0n) is 13.5. The van der Waals surface area contributed by atoms with Crippen LogP contribution in [0.5, 0.6) is 0 Å². The highest BCUT2D eigenvalue weighted by Crippen LogP contribution is 2.21. The van der Waals surface area contributed by atoms with Gasteiger partial charge in [-0.05, 0) is 37.6 Å². The van der Waals surface area contributed by atoms with Crippen LogP contribution in [-0.4, -0.2) is 23.2 Å². The van der Waals surface area contributed by atoms with Crippen molar-refractivity contribution in [3.63, 3.8) is 0 Å². The number of pyridine rings is 1. The Kier molecular flexibility index (Phi) is 4.10. The van der Waals surface area contributed by atoms with Crippen molar-refractivity contribution in [2.24, 2.45) is 7.05 Å². The lowest BCUT2D eigenvalue weighted by Gasteiger charge is -2.14. The molecule has 0 bridgehead atoms. The van der Waals surface area contributed by atoms with E-state index < -0.39 is 16.1 Å². The van der Waals surface area contributed by atoms with Crippen molar-refractivity contribution >= 4 is 21.1 Å². The van der Waals surface area contributed by atoms with Crippen molar-refractivity contribution in [2.45, 2.75) is 24.8 Å². The Hall–Kier alpha value is -2.32. The third-order valence-corrected chi connectivity index (χ3v) is 5.36. The van der Waals surface area contributed by atoms with Gasteiger partial charge in [0.1, 0.15) is 10.7 Å². The molecule has 0 saturated heterocycles. The SMILES string of the molecule is Cc1nn(C)c2ncc(S(=O)(=O)N[C@H](C)c3ccc(F)cc3)cc12. The van der Waals surface area contributed by atoms with Gasteiger partial charge in [-0.3, -0.25) is 4.68 Å². The number of nitrogens with one attached hydrogen (secondary N) is 1. The number of nitrogens with zero attached hydrogens (tertiary/aromatic N) is 3. The number of sulfonamides is 1. The van der Waals surface area contributed by atoms with Crippen molar-refractivity contribution in [3.05, 3.63) is 53.6 Å². The van der Waals surface area contributed by atoms with E-state index in [9.17, 15) is 12.8 Å². The highest BCUT2D eigenvalue weighted by molar-refractivity contribution is 7.89. The highest BCUT2D eigenvalue weighted by atomic mass is 32.2. The van der Waals surface area contributed by atoms with Crippen LogP contribution in [-0.2, 0) is 17.1 Å². The van der Waals surface area contributed by atoms with Crippen molar-refractivity contribution in [1.29, 1.82) is 0 Å². The standard InChI is InChI=1S/C16H17FN4O2S/c1-10(12-4-6-13(17)7-5-12)20-24(22,23)14-8-15-11(2)19-21(3)16(15)18-9-14/h4-10,20H,1-3H3/t10-/m1/s1. The van der Waals surface area contributed by atoms with Crippen LogP contribution in [0.2, 0.25) is 0 Å². The molecule has 0 fully saturated rings. The maximum absolute atomic E-state index is 13.0. The number of benzene rings is 1. The molecule has 0 amide bonds. The number of hydrogen-bond donors (Lipinski definition) is 1. The second kappa shape index (κ2) is 5.95. The minimum atomic E-state index is -3.76. The summed E-state index contributed by atoms with van der Waals surface area (Å²) in [7, 11) is -2.00. The minimum Gasteiger partial charge on any atom is -0.250 e. The van der Waals surface area contributed by atoms with Gasteiger partial charge in [0.05, 0.1) is 5.69 Å². The third-order valence-electron chi connectivity index (χ3n) is 3.85. The Balaban J connectivity index is 1.92. The maximum atomic E-state index is 13.0. The van der Waals surface area contributed by atoms with E-state index >= 15 is 0 Å². The van der Waals surface area contributed by atoms with E-state index in [2.05, 4.69) is 14.8 Å². The lowest BCUT2D eigenvalue weighted by molar-refractivity contribution is 0.566. The van der Waals surface area contributed by atoms with Gasteiger partial charge in [0.25, 0.3) is 0 Å². The van der Waals surface area contributed by atoms with Crippen LogP contribution in [0.4, 0.5) is 4.39 Å². The molecule has 24 heavy (non-hydrogen) atoms. The summed E-state index contributed by atoms with van der Waals surface area (Å²) in [6.45, 7) is 3.50. The van der Waals surface area contributed by atoms with Gasteiger partial charge < -0.3 is 0 Å². The molecule has 0 spiro atoms. The summed E-state index contributed by atoms with van der Waals surface area (Å²) >= 11 is 0. The van der Waals surface area contributed by atoms with E-state index in [0.717, 1.165) is 0 Å². The summed E-state index contributed by atoms with van der Waals surface area (Å²) in [4.78, 5) is 4.26. The first-order valence-electron chi connectivity index (χ1n) is 7.35. The van der Waals surface area contributed by atoms with Crippen LogP contribution in [0, 0.1) is 12.7 Å². The van der Waals surface area contributed by atoms with Crippen LogP contribution in [0.15, 0.2) is 41.4 Å². The van der Waals surface area contributed by atoms with Crippen molar-refractivity contribution in [1.82, 2.24) is 19.5 Å². The average molecular weight is 348 g/mol. The Labute approximate surface area is 139 Å². The molecule has 0 aliphatic carbocycles. The summed E-state index contributed by atoms with van der Waals surface area (Å²) in [5.74, 6) is -0.365. The minimum absolute atomic E-state index is 0.0695. The first-order valence-corrected chi connectivity index (χ1v) is 8.83. The van der Waals surface area contributed by atoms with Crippen LogP contribution in [0.3, 0.4) is 0 Å². The Bertz CT molecular complexity index is 997. The molecule has 3 rings (SSSR count). The van der Waals surface area contributed by atoms with Gasteiger partial charge in [0.15, 0.2) is 5.65 Å². The fourth-order valence-corrected chi connectivity index (χ4v) is 3.76.